The zero-order valence-electron chi connectivity index (χ0n) is 6.31. The van der Waals surface area contributed by atoms with E-state index in [0.717, 1.165) is 13.3 Å². The third kappa shape index (κ3) is 3.75. The van der Waals surface area contributed by atoms with Gasteiger partial charge in [-0.05, 0) is 6.92 Å². The molecule has 0 N–H and O–H groups in total. The summed E-state index contributed by atoms with van der Waals surface area (Å²) in [5.74, 6) is 0. The smallest absolute Gasteiger partial charge is 0.291 e. The molecule has 0 saturated heterocycles. The van der Waals surface area contributed by atoms with E-state index in [1.54, 1.807) is 6.92 Å². The first-order chi connectivity index (χ1) is 5.02. The van der Waals surface area contributed by atoms with Crippen LogP contribution in [0.2, 0.25) is 0 Å². The topological polar surface area (TPSA) is 24.7 Å². The Morgan fingerprint density at radius 2 is 2.00 bits per heavy atom. The van der Waals surface area contributed by atoms with E-state index in [2.05, 4.69) is 9.98 Å². The van der Waals surface area contributed by atoms with Crippen LogP contribution >= 0.6 is 0 Å². The quantitative estimate of drug-likeness (QED) is 0.558. The summed E-state index contributed by atoms with van der Waals surface area (Å²) in [5.41, 5.74) is -0.945. The van der Waals surface area contributed by atoms with Crippen LogP contribution in [0.1, 0.15) is 6.92 Å². The van der Waals surface area contributed by atoms with Gasteiger partial charge >= 0.3 is 6.18 Å². The van der Waals surface area contributed by atoms with Crippen molar-refractivity contribution in [2.45, 2.75) is 13.1 Å². The minimum atomic E-state index is -4.38. The Hall–Kier alpha value is -0.870. The van der Waals surface area contributed by atoms with E-state index in [1.165, 1.54) is 0 Å². The molecule has 11 heavy (non-hydrogen) atoms. The lowest BCUT2D eigenvalue weighted by molar-refractivity contribution is -0.0564. The molecule has 0 aromatic carbocycles. The summed E-state index contributed by atoms with van der Waals surface area (Å²) < 4.78 is 35.5. The summed E-state index contributed by atoms with van der Waals surface area (Å²) >= 11 is 0. The maximum absolute atomic E-state index is 11.8. The molecule has 5 heteroatoms. The largest absolute Gasteiger partial charge is 0.434 e. The van der Waals surface area contributed by atoms with Crippen LogP contribution in [0.25, 0.3) is 0 Å². The molecule has 0 aromatic heterocycles. The van der Waals surface area contributed by atoms with E-state index < -0.39 is 11.9 Å². The number of alkyl halides is 3. The first-order valence-corrected chi connectivity index (χ1v) is 3.06. The fourth-order valence-corrected chi connectivity index (χ4v) is 0.435. The highest BCUT2D eigenvalue weighted by atomic mass is 19.4. The van der Waals surface area contributed by atoms with E-state index >= 15 is 0 Å². The van der Waals surface area contributed by atoms with Gasteiger partial charge in [-0.2, -0.15) is 13.2 Å². The maximum Gasteiger partial charge on any atom is 0.434 e. The summed E-state index contributed by atoms with van der Waals surface area (Å²) in [5, 5.41) is 0. The Morgan fingerprint density at radius 3 is 2.27 bits per heavy atom. The first kappa shape index (κ1) is 10.1. The molecule has 0 heterocycles. The SMILES string of the molecule is CCN=CC(=NC)C(F)(F)F. The van der Waals surface area contributed by atoms with E-state index in [0.29, 0.717) is 6.54 Å². The molecule has 0 unspecified atom stereocenters. The highest BCUT2D eigenvalue weighted by Crippen LogP contribution is 2.15. The highest BCUT2D eigenvalue weighted by Gasteiger charge is 2.33. The highest BCUT2D eigenvalue weighted by molar-refractivity contribution is 6.33. The van der Waals surface area contributed by atoms with Crippen molar-refractivity contribution >= 4 is 11.9 Å². The number of nitrogens with zero attached hydrogens (tertiary/aromatic N) is 2. The van der Waals surface area contributed by atoms with E-state index in [1.807, 2.05) is 0 Å². The molecule has 0 bridgehead atoms. The van der Waals surface area contributed by atoms with Crippen LogP contribution in [0.15, 0.2) is 9.98 Å². The molecular weight excluding hydrogens is 157 g/mol. The van der Waals surface area contributed by atoms with Gasteiger partial charge in [0.2, 0.25) is 0 Å². The first-order valence-electron chi connectivity index (χ1n) is 3.06. The monoisotopic (exact) mass is 166 g/mol. The van der Waals surface area contributed by atoms with Crippen molar-refractivity contribution < 1.29 is 13.2 Å². The summed E-state index contributed by atoms with van der Waals surface area (Å²) in [4.78, 5) is 6.47. The summed E-state index contributed by atoms with van der Waals surface area (Å²) in [6, 6.07) is 0. The van der Waals surface area contributed by atoms with Gasteiger partial charge < -0.3 is 0 Å². The molecular formula is C6H9F3N2. The predicted molar refractivity (Wildman–Crippen MR) is 38.4 cm³/mol. The summed E-state index contributed by atoms with van der Waals surface area (Å²) in [7, 11) is 1.09. The fraction of sp³-hybridized carbons (Fsp3) is 0.667. The van der Waals surface area contributed by atoms with Gasteiger partial charge in [0, 0.05) is 13.6 Å². The maximum atomic E-state index is 11.8. The van der Waals surface area contributed by atoms with Crippen molar-refractivity contribution in [3.63, 3.8) is 0 Å². The van der Waals surface area contributed by atoms with Gasteiger partial charge in [0.25, 0.3) is 0 Å². The molecule has 0 saturated carbocycles. The van der Waals surface area contributed by atoms with Crippen LogP contribution < -0.4 is 0 Å². The molecule has 0 atom stereocenters. The van der Waals surface area contributed by atoms with Crippen molar-refractivity contribution in [3.8, 4) is 0 Å². The fourth-order valence-electron chi connectivity index (χ4n) is 0.435. The molecule has 0 aromatic rings. The van der Waals surface area contributed by atoms with Gasteiger partial charge in [-0.15, -0.1) is 0 Å². The average molecular weight is 166 g/mol. The van der Waals surface area contributed by atoms with Crippen LogP contribution in [0.3, 0.4) is 0 Å². The van der Waals surface area contributed by atoms with Crippen LogP contribution in [-0.2, 0) is 0 Å². The van der Waals surface area contributed by atoms with Crippen LogP contribution in [0, 0.1) is 0 Å². The summed E-state index contributed by atoms with van der Waals surface area (Å²) in [6.07, 6.45) is -3.65. The third-order valence-corrected chi connectivity index (χ3v) is 0.927. The average Bonchev–Trinajstić information content (AvgIpc) is 1.87. The second-order valence-corrected chi connectivity index (χ2v) is 1.73. The Balaban J connectivity index is 4.33. The second kappa shape index (κ2) is 4.10. The number of hydrogen-bond acceptors (Lipinski definition) is 2. The molecule has 0 aliphatic carbocycles. The van der Waals surface area contributed by atoms with Gasteiger partial charge in [0.15, 0.2) is 5.71 Å². The van der Waals surface area contributed by atoms with Crippen molar-refractivity contribution in [1.29, 1.82) is 0 Å². The van der Waals surface area contributed by atoms with E-state index in [9.17, 15) is 13.2 Å². The molecule has 0 radical (unpaired) electrons. The van der Waals surface area contributed by atoms with Gasteiger partial charge in [0.1, 0.15) is 0 Å². The third-order valence-electron chi connectivity index (χ3n) is 0.927. The summed E-state index contributed by atoms with van der Waals surface area (Å²) in [6.45, 7) is 1.98. The van der Waals surface area contributed by atoms with Gasteiger partial charge in [0.05, 0.1) is 6.21 Å². The lowest BCUT2D eigenvalue weighted by Gasteiger charge is -2.03. The molecule has 2 nitrogen and oxygen atoms in total. The Labute approximate surface area is 62.9 Å². The van der Waals surface area contributed by atoms with Gasteiger partial charge in [-0.3, -0.25) is 9.98 Å². The van der Waals surface area contributed by atoms with Crippen molar-refractivity contribution in [2.75, 3.05) is 13.6 Å². The molecule has 0 amide bonds. The molecule has 0 aliphatic rings. The minimum absolute atomic E-state index is 0.328. The number of aliphatic imine (C=N–C) groups is 2. The normalized spacial score (nSPS) is 14.5. The van der Waals surface area contributed by atoms with Crippen LogP contribution in [0.4, 0.5) is 13.2 Å². The Kier molecular flexibility index (Phi) is 3.78. The Morgan fingerprint density at radius 1 is 1.45 bits per heavy atom. The second-order valence-electron chi connectivity index (χ2n) is 1.73. The predicted octanol–water partition coefficient (Wildman–Crippen LogP) is 1.71. The van der Waals surface area contributed by atoms with Crippen molar-refractivity contribution in [3.05, 3.63) is 0 Å². The van der Waals surface area contributed by atoms with Gasteiger partial charge in [-0.1, -0.05) is 0 Å². The zero-order chi connectivity index (χ0) is 8.91. The molecule has 64 valence electrons. The van der Waals surface area contributed by atoms with Crippen molar-refractivity contribution in [2.24, 2.45) is 9.98 Å². The van der Waals surface area contributed by atoms with E-state index in [4.69, 9.17) is 0 Å². The number of rotatable bonds is 2. The van der Waals surface area contributed by atoms with E-state index in [-0.39, 0.29) is 0 Å². The Bertz CT molecular complexity index is 169. The van der Waals surface area contributed by atoms with Crippen LogP contribution in [-0.4, -0.2) is 31.7 Å². The minimum Gasteiger partial charge on any atom is -0.291 e. The molecule has 0 spiro atoms. The van der Waals surface area contributed by atoms with Gasteiger partial charge in [-0.25, -0.2) is 0 Å². The standard InChI is InChI=1S/C6H9F3N2/c1-3-11-4-5(10-2)6(7,8)9/h4H,3H2,1-2H3. The lowest BCUT2D eigenvalue weighted by atomic mass is 10.4. The number of halogens is 3. The lowest BCUT2D eigenvalue weighted by Crippen LogP contribution is -2.24. The molecule has 0 fully saturated rings. The van der Waals surface area contributed by atoms with Crippen LogP contribution in [0.5, 0.6) is 0 Å². The number of hydrogen-bond donors (Lipinski definition) is 0. The molecule has 0 aliphatic heterocycles. The van der Waals surface area contributed by atoms with Crippen molar-refractivity contribution in [1.82, 2.24) is 0 Å². The zero-order valence-corrected chi connectivity index (χ0v) is 6.31. The molecule has 0 rings (SSSR count).